The first-order valence-corrected chi connectivity index (χ1v) is 5.07. The van der Waals surface area contributed by atoms with E-state index in [1.165, 1.54) is 6.42 Å². The quantitative estimate of drug-likeness (QED) is 0.678. The highest BCUT2D eigenvalue weighted by Crippen LogP contribution is 2.29. The number of aliphatic carboxylic acids is 2. The summed E-state index contributed by atoms with van der Waals surface area (Å²) in [5.41, 5.74) is 0. The van der Waals surface area contributed by atoms with Gasteiger partial charge in [0.25, 0.3) is 0 Å². The molecule has 1 aliphatic rings. The van der Waals surface area contributed by atoms with Crippen LogP contribution < -0.4 is 0 Å². The molecule has 1 aliphatic carbocycles. The largest absolute Gasteiger partial charge is 0.481 e. The van der Waals surface area contributed by atoms with Gasteiger partial charge in [-0.1, -0.05) is 32.1 Å². The van der Waals surface area contributed by atoms with Crippen molar-refractivity contribution in [3.05, 3.63) is 0 Å². The molecule has 4 nitrogen and oxygen atoms in total. The summed E-state index contributed by atoms with van der Waals surface area (Å²) < 4.78 is 0. The van der Waals surface area contributed by atoms with Crippen molar-refractivity contribution in [1.29, 1.82) is 0 Å². The molecule has 0 spiro atoms. The van der Waals surface area contributed by atoms with Gasteiger partial charge in [0.05, 0.1) is 0 Å². The van der Waals surface area contributed by atoms with E-state index in [-0.39, 0.29) is 0 Å². The highest BCUT2D eigenvalue weighted by Gasteiger charge is 2.29. The molecular weight excluding hydrogens is 184 g/mol. The van der Waals surface area contributed by atoms with E-state index in [0.29, 0.717) is 12.3 Å². The zero-order valence-electron chi connectivity index (χ0n) is 8.11. The van der Waals surface area contributed by atoms with Gasteiger partial charge in [-0.3, -0.25) is 9.59 Å². The molecule has 0 unspecified atom stereocenters. The summed E-state index contributed by atoms with van der Waals surface area (Å²) in [5, 5.41) is 17.4. The summed E-state index contributed by atoms with van der Waals surface area (Å²) in [6, 6.07) is 0. The molecule has 0 aliphatic heterocycles. The van der Waals surface area contributed by atoms with Gasteiger partial charge >= 0.3 is 11.9 Å². The molecule has 1 rings (SSSR count). The molecule has 14 heavy (non-hydrogen) atoms. The predicted octanol–water partition coefficient (Wildman–Crippen LogP) is 1.74. The van der Waals surface area contributed by atoms with Crippen LogP contribution in [-0.4, -0.2) is 22.2 Å². The Bertz CT molecular complexity index is 204. The molecule has 80 valence electrons. The highest BCUT2D eigenvalue weighted by molar-refractivity contribution is 5.92. The third-order valence-electron chi connectivity index (χ3n) is 2.89. The zero-order valence-corrected chi connectivity index (χ0v) is 8.11. The van der Waals surface area contributed by atoms with E-state index in [1.807, 2.05) is 0 Å². The standard InChI is InChI=1S/C10H16O4/c11-9(12)8(10(13)14)6-7-4-2-1-3-5-7/h7-8H,1-6H2,(H,11,12)(H,13,14). The molecule has 2 N–H and O–H groups in total. The van der Waals surface area contributed by atoms with Crippen LogP contribution in [0.3, 0.4) is 0 Å². The Morgan fingerprint density at radius 1 is 1.07 bits per heavy atom. The first-order valence-electron chi connectivity index (χ1n) is 5.07. The fraction of sp³-hybridized carbons (Fsp3) is 0.800. The lowest BCUT2D eigenvalue weighted by Crippen LogP contribution is -2.26. The lowest BCUT2D eigenvalue weighted by Gasteiger charge is -2.22. The van der Waals surface area contributed by atoms with Crippen LogP contribution in [0, 0.1) is 11.8 Å². The number of hydrogen-bond acceptors (Lipinski definition) is 2. The van der Waals surface area contributed by atoms with Crippen molar-refractivity contribution in [3.8, 4) is 0 Å². The zero-order chi connectivity index (χ0) is 10.6. The first kappa shape index (κ1) is 11.0. The number of carbonyl (C=O) groups is 2. The van der Waals surface area contributed by atoms with Crippen LogP contribution in [0.15, 0.2) is 0 Å². The molecule has 0 atom stereocenters. The van der Waals surface area contributed by atoms with E-state index < -0.39 is 17.9 Å². The molecular formula is C10H16O4. The van der Waals surface area contributed by atoms with Crippen LogP contribution in [0.1, 0.15) is 38.5 Å². The summed E-state index contributed by atoms with van der Waals surface area (Å²) in [4.78, 5) is 21.3. The Morgan fingerprint density at radius 3 is 2.00 bits per heavy atom. The van der Waals surface area contributed by atoms with Gasteiger partial charge in [-0.25, -0.2) is 0 Å². The number of hydrogen-bond donors (Lipinski definition) is 2. The Kier molecular flexibility index (Phi) is 3.92. The number of carboxylic acid groups (broad SMARTS) is 2. The second-order valence-electron chi connectivity index (χ2n) is 3.97. The van der Waals surface area contributed by atoms with Crippen molar-refractivity contribution in [1.82, 2.24) is 0 Å². The van der Waals surface area contributed by atoms with Crippen LogP contribution in [0.2, 0.25) is 0 Å². The fourth-order valence-electron chi connectivity index (χ4n) is 2.06. The van der Waals surface area contributed by atoms with Gasteiger partial charge in [-0.2, -0.15) is 0 Å². The van der Waals surface area contributed by atoms with Crippen molar-refractivity contribution in [3.63, 3.8) is 0 Å². The van der Waals surface area contributed by atoms with Crippen LogP contribution in [-0.2, 0) is 9.59 Å². The molecule has 1 fully saturated rings. The van der Waals surface area contributed by atoms with Gasteiger partial charge in [0.2, 0.25) is 0 Å². The van der Waals surface area contributed by atoms with Gasteiger partial charge in [0.15, 0.2) is 5.92 Å². The van der Waals surface area contributed by atoms with E-state index in [4.69, 9.17) is 10.2 Å². The van der Waals surface area contributed by atoms with Crippen LogP contribution in [0.5, 0.6) is 0 Å². The van der Waals surface area contributed by atoms with Gasteiger partial charge < -0.3 is 10.2 Å². The molecule has 0 radical (unpaired) electrons. The van der Waals surface area contributed by atoms with Gasteiger partial charge in [-0.05, 0) is 12.3 Å². The maximum Gasteiger partial charge on any atom is 0.317 e. The number of carboxylic acids is 2. The molecule has 0 aromatic carbocycles. The molecule has 0 aromatic rings. The summed E-state index contributed by atoms with van der Waals surface area (Å²) in [7, 11) is 0. The van der Waals surface area contributed by atoms with Crippen molar-refractivity contribution >= 4 is 11.9 Å². The smallest absolute Gasteiger partial charge is 0.317 e. The molecule has 0 amide bonds. The van der Waals surface area contributed by atoms with Crippen LogP contribution >= 0.6 is 0 Å². The average molecular weight is 200 g/mol. The average Bonchev–Trinajstić information content (AvgIpc) is 2.15. The topological polar surface area (TPSA) is 74.6 Å². The lowest BCUT2D eigenvalue weighted by molar-refractivity contribution is -0.155. The first-order chi connectivity index (χ1) is 6.61. The van der Waals surface area contributed by atoms with Crippen LogP contribution in [0.4, 0.5) is 0 Å². The normalized spacial score (nSPS) is 18.4. The summed E-state index contributed by atoms with van der Waals surface area (Å²) in [6.45, 7) is 0. The molecule has 4 heteroatoms. The van der Waals surface area contributed by atoms with E-state index in [2.05, 4.69) is 0 Å². The monoisotopic (exact) mass is 200 g/mol. The second-order valence-corrected chi connectivity index (χ2v) is 3.97. The lowest BCUT2D eigenvalue weighted by atomic mass is 9.83. The van der Waals surface area contributed by atoms with Gasteiger partial charge in [0.1, 0.15) is 0 Å². The predicted molar refractivity (Wildman–Crippen MR) is 50.0 cm³/mol. The molecule has 0 saturated heterocycles. The summed E-state index contributed by atoms with van der Waals surface area (Å²) in [5.74, 6) is -3.33. The fourth-order valence-corrected chi connectivity index (χ4v) is 2.06. The SMILES string of the molecule is O=C(O)C(CC1CCCCC1)C(=O)O. The second kappa shape index (κ2) is 4.98. The van der Waals surface area contributed by atoms with Crippen molar-refractivity contribution < 1.29 is 19.8 Å². The van der Waals surface area contributed by atoms with Crippen molar-refractivity contribution in [2.45, 2.75) is 38.5 Å². The van der Waals surface area contributed by atoms with E-state index in [9.17, 15) is 9.59 Å². The molecule has 0 aromatic heterocycles. The Hall–Kier alpha value is -1.06. The van der Waals surface area contributed by atoms with Gasteiger partial charge in [-0.15, -0.1) is 0 Å². The minimum absolute atomic E-state index is 0.293. The van der Waals surface area contributed by atoms with E-state index >= 15 is 0 Å². The molecule has 0 bridgehead atoms. The maximum absolute atomic E-state index is 10.6. The van der Waals surface area contributed by atoms with E-state index in [0.717, 1.165) is 25.7 Å². The minimum Gasteiger partial charge on any atom is -0.481 e. The maximum atomic E-state index is 10.6. The summed E-state index contributed by atoms with van der Waals surface area (Å²) in [6.07, 6.45) is 5.67. The third kappa shape index (κ3) is 3.01. The van der Waals surface area contributed by atoms with Crippen molar-refractivity contribution in [2.24, 2.45) is 11.8 Å². The minimum atomic E-state index is -1.21. The van der Waals surface area contributed by atoms with Crippen LogP contribution in [0.25, 0.3) is 0 Å². The molecule has 0 heterocycles. The number of rotatable bonds is 4. The Balaban J connectivity index is 2.45. The summed E-state index contributed by atoms with van der Waals surface area (Å²) >= 11 is 0. The molecule has 1 saturated carbocycles. The third-order valence-corrected chi connectivity index (χ3v) is 2.89. The Morgan fingerprint density at radius 2 is 1.57 bits per heavy atom. The van der Waals surface area contributed by atoms with Gasteiger partial charge in [0, 0.05) is 0 Å². The van der Waals surface area contributed by atoms with E-state index in [1.54, 1.807) is 0 Å². The van der Waals surface area contributed by atoms with Crippen molar-refractivity contribution in [2.75, 3.05) is 0 Å². The Labute approximate surface area is 82.9 Å². The highest BCUT2D eigenvalue weighted by atomic mass is 16.4.